The van der Waals surface area contributed by atoms with Crippen molar-refractivity contribution in [3.05, 3.63) is 57.6 Å². The summed E-state index contributed by atoms with van der Waals surface area (Å²) in [6.45, 7) is 3.86. The van der Waals surface area contributed by atoms with Gasteiger partial charge in [-0.1, -0.05) is 42.3 Å². The first kappa shape index (κ1) is 17.6. The lowest BCUT2D eigenvalue weighted by atomic mass is 9.99. The van der Waals surface area contributed by atoms with Gasteiger partial charge in [0.05, 0.1) is 17.8 Å². The number of anilines is 1. The van der Waals surface area contributed by atoms with Crippen LogP contribution in [0.4, 0.5) is 5.69 Å². The molecule has 0 heterocycles. The number of carbonyl (C=O) groups excluding carboxylic acids is 1. The van der Waals surface area contributed by atoms with Crippen LogP contribution in [0.2, 0.25) is 10.0 Å². The SMILES string of the molecule is COc1cc(CC(C)C(=O)Nc2cc(Cl)ccc2Cl)ccc1C. The Balaban J connectivity index is 2.06. The van der Waals surface area contributed by atoms with Crippen LogP contribution in [0.1, 0.15) is 18.1 Å². The molecule has 0 radical (unpaired) electrons. The molecule has 2 rings (SSSR count). The van der Waals surface area contributed by atoms with E-state index in [4.69, 9.17) is 27.9 Å². The molecule has 0 saturated carbocycles. The Morgan fingerprint density at radius 3 is 2.65 bits per heavy atom. The van der Waals surface area contributed by atoms with E-state index in [1.807, 2.05) is 32.0 Å². The molecular formula is C18H19Cl2NO2. The molecule has 1 amide bonds. The van der Waals surface area contributed by atoms with Gasteiger partial charge >= 0.3 is 0 Å². The van der Waals surface area contributed by atoms with Crippen LogP contribution in [0.3, 0.4) is 0 Å². The lowest BCUT2D eigenvalue weighted by molar-refractivity contribution is -0.119. The summed E-state index contributed by atoms with van der Waals surface area (Å²) in [5.41, 5.74) is 2.64. The zero-order chi connectivity index (χ0) is 17.0. The highest BCUT2D eigenvalue weighted by molar-refractivity contribution is 6.35. The number of halogens is 2. The largest absolute Gasteiger partial charge is 0.496 e. The van der Waals surface area contributed by atoms with Crippen molar-refractivity contribution in [1.82, 2.24) is 0 Å². The fourth-order valence-corrected chi connectivity index (χ4v) is 2.62. The molecule has 1 N–H and O–H groups in total. The van der Waals surface area contributed by atoms with E-state index in [1.54, 1.807) is 25.3 Å². The van der Waals surface area contributed by atoms with Crippen molar-refractivity contribution in [1.29, 1.82) is 0 Å². The Hall–Kier alpha value is -1.71. The molecule has 0 saturated heterocycles. The first-order valence-electron chi connectivity index (χ1n) is 7.30. The second-order valence-electron chi connectivity index (χ2n) is 5.52. The molecular weight excluding hydrogens is 333 g/mol. The number of hydrogen-bond acceptors (Lipinski definition) is 2. The Morgan fingerprint density at radius 1 is 1.22 bits per heavy atom. The van der Waals surface area contributed by atoms with E-state index in [2.05, 4.69) is 5.32 Å². The molecule has 0 fully saturated rings. The van der Waals surface area contributed by atoms with E-state index in [-0.39, 0.29) is 11.8 Å². The van der Waals surface area contributed by atoms with Gasteiger partial charge in [0, 0.05) is 10.9 Å². The number of nitrogens with one attached hydrogen (secondary N) is 1. The van der Waals surface area contributed by atoms with Crippen LogP contribution >= 0.6 is 23.2 Å². The summed E-state index contributed by atoms with van der Waals surface area (Å²) in [5, 5.41) is 3.82. The van der Waals surface area contributed by atoms with Crippen LogP contribution < -0.4 is 10.1 Å². The summed E-state index contributed by atoms with van der Waals surface area (Å²) < 4.78 is 5.32. The molecule has 122 valence electrons. The standard InChI is InChI=1S/C18H19Cl2NO2/c1-11-4-5-13(9-17(11)23-3)8-12(2)18(22)21-16-10-14(19)6-7-15(16)20/h4-7,9-10,12H,8H2,1-3H3,(H,21,22). The molecule has 0 spiro atoms. The highest BCUT2D eigenvalue weighted by atomic mass is 35.5. The molecule has 5 heteroatoms. The quantitative estimate of drug-likeness (QED) is 0.810. The highest BCUT2D eigenvalue weighted by Gasteiger charge is 2.16. The van der Waals surface area contributed by atoms with E-state index >= 15 is 0 Å². The van der Waals surface area contributed by atoms with Gasteiger partial charge in [0.2, 0.25) is 5.91 Å². The van der Waals surface area contributed by atoms with Gasteiger partial charge in [-0.15, -0.1) is 0 Å². The normalized spacial score (nSPS) is 11.9. The first-order valence-corrected chi connectivity index (χ1v) is 8.05. The molecule has 2 aromatic rings. The predicted molar refractivity (Wildman–Crippen MR) is 95.7 cm³/mol. The zero-order valence-electron chi connectivity index (χ0n) is 13.3. The molecule has 0 aliphatic carbocycles. The van der Waals surface area contributed by atoms with E-state index in [0.29, 0.717) is 22.2 Å². The Labute approximate surface area is 146 Å². The van der Waals surface area contributed by atoms with Crippen LogP contribution in [0.25, 0.3) is 0 Å². The van der Waals surface area contributed by atoms with Gasteiger partial charge in [0.25, 0.3) is 0 Å². The molecule has 3 nitrogen and oxygen atoms in total. The number of carbonyl (C=O) groups is 1. The third-order valence-electron chi connectivity index (χ3n) is 3.65. The fraction of sp³-hybridized carbons (Fsp3) is 0.278. The monoisotopic (exact) mass is 351 g/mol. The number of ether oxygens (including phenoxy) is 1. The number of amides is 1. The molecule has 0 bridgehead atoms. The fourth-order valence-electron chi connectivity index (χ4n) is 2.29. The number of benzene rings is 2. The van der Waals surface area contributed by atoms with Crippen LogP contribution in [0.5, 0.6) is 5.75 Å². The maximum atomic E-state index is 12.4. The minimum Gasteiger partial charge on any atom is -0.496 e. The molecule has 0 aliphatic rings. The highest BCUT2D eigenvalue weighted by Crippen LogP contribution is 2.26. The van der Waals surface area contributed by atoms with Gasteiger partial charge in [-0.3, -0.25) is 4.79 Å². The van der Waals surface area contributed by atoms with E-state index < -0.39 is 0 Å². The third-order valence-corrected chi connectivity index (χ3v) is 4.21. The van der Waals surface area contributed by atoms with E-state index in [9.17, 15) is 4.79 Å². The molecule has 2 aromatic carbocycles. The molecule has 23 heavy (non-hydrogen) atoms. The predicted octanol–water partition coefficient (Wildman–Crippen LogP) is 5.13. The van der Waals surface area contributed by atoms with Gasteiger partial charge in [-0.05, 0) is 48.7 Å². The second-order valence-corrected chi connectivity index (χ2v) is 6.37. The van der Waals surface area contributed by atoms with Crippen molar-refractivity contribution in [2.24, 2.45) is 5.92 Å². The summed E-state index contributed by atoms with van der Waals surface area (Å²) in [6.07, 6.45) is 0.612. The Kier molecular flexibility index (Phi) is 5.91. The van der Waals surface area contributed by atoms with Crippen molar-refractivity contribution < 1.29 is 9.53 Å². The summed E-state index contributed by atoms with van der Waals surface area (Å²) in [7, 11) is 1.64. The van der Waals surface area contributed by atoms with Gasteiger partial charge in [0.15, 0.2) is 0 Å². The molecule has 0 aliphatic heterocycles. The second kappa shape index (κ2) is 7.71. The van der Waals surface area contributed by atoms with Gasteiger partial charge in [-0.25, -0.2) is 0 Å². The third kappa shape index (κ3) is 4.63. The van der Waals surface area contributed by atoms with E-state index in [0.717, 1.165) is 16.9 Å². The lowest BCUT2D eigenvalue weighted by Gasteiger charge is -2.14. The average molecular weight is 352 g/mol. The van der Waals surface area contributed by atoms with Gasteiger partial charge in [0.1, 0.15) is 5.75 Å². The number of rotatable bonds is 5. The van der Waals surface area contributed by atoms with Crippen LogP contribution in [0.15, 0.2) is 36.4 Å². The zero-order valence-corrected chi connectivity index (χ0v) is 14.8. The lowest BCUT2D eigenvalue weighted by Crippen LogP contribution is -2.22. The van der Waals surface area contributed by atoms with Crippen LogP contribution in [-0.2, 0) is 11.2 Å². The summed E-state index contributed by atoms with van der Waals surface area (Å²) in [4.78, 5) is 12.4. The average Bonchev–Trinajstić information content (AvgIpc) is 2.52. The molecule has 0 aromatic heterocycles. The number of hydrogen-bond donors (Lipinski definition) is 1. The molecule has 1 unspecified atom stereocenters. The van der Waals surface area contributed by atoms with Crippen LogP contribution in [0, 0.1) is 12.8 Å². The van der Waals surface area contributed by atoms with Crippen LogP contribution in [-0.4, -0.2) is 13.0 Å². The number of methoxy groups -OCH3 is 1. The van der Waals surface area contributed by atoms with Crippen molar-refractivity contribution in [2.75, 3.05) is 12.4 Å². The van der Waals surface area contributed by atoms with Crippen molar-refractivity contribution >= 4 is 34.8 Å². The van der Waals surface area contributed by atoms with E-state index in [1.165, 1.54) is 0 Å². The Bertz CT molecular complexity index is 716. The minimum atomic E-state index is -0.211. The maximum absolute atomic E-state index is 12.4. The van der Waals surface area contributed by atoms with Crippen molar-refractivity contribution in [2.45, 2.75) is 20.3 Å². The van der Waals surface area contributed by atoms with Gasteiger partial charge < -0.3 is 10.1 Å². The summed E-state index contributed by atoms with van der Waals surface area (Å²) >= 11 is 12.0. The van der Waals surface area contributed by atoms with Crippen molar-refractivity contribution in [3.8, 4) is 5.75 Å². The summed E-state index contributed by atoms with van der Waals surface area (Å²) in [6, 6.07) is 11.0. The number of aryl methyl sites for hydroxylation is 1. The first-order chi connectivity index (χ1) is 10.9. The smallest absolute Gasteiger partial charge is 0.227 e. The Morgan fingerprint density at radius 2 is 1.96 bits per heavy atom. The molecule has 1 atom stereocenters. The maximum Gasteiger partial charge on any atom is 0.227 e. The summed E-state index contributed by atoms with van der Waals surface area (Å²) in [5.74, 6) is 0.513. The minimum absolute atomic E-state index is 0.103. The van der Waals surface area contributed by atoms with Crippen molar-refractivity contribution in [3.63, 3.8) is 0 Å². The van der Waals surface area contributed by atoms with Gasteiger partial charge in [-0.2, -0.15) is 0 Å². The topological polar surface area (TPSA) is 38.3 Å².